The van der Waals surface area contributed by atoms with E-state index in [4.69, 9.17) is 16.3 Å². The van der Waals surface area contributed by atoms with Gasteiger partial charge in [-0.05, 0) is 48.3 Å². The molecule has 0 aromatic heterocycles. The van der Waals surface area contributed by atoms with Crippen LogP contribution in [-0.4, -0.2) is 53.0 Å². The van der Waals surface area contributed by atoms with Crippen LogP contribution in [0.15, 0.2) is 36.4 Å². The Morgan fingerprint density at radius 3 is 2.81 bits per heavy atom. The van der Waals surface area contributed by atoms with Gasteiger partial charge < -0.3 is 20.1 Å². The lowest BCUT2D eigenvalue weighted by molar-refractivity contribution is -0.136. The molecule has 2 aromatic carbocycles. The maximum atomic E-state index is 14.3. The lowest BCUT2D eigenvalue weighted by Gasteiger charge is -2.26. The van der Waals surface area contributed by atoms with Gasteiger partial charge in [0.05, 0.1) is 6.54 Å². The Kier molecular flexibility index (Phi) is 8.39. The highest BCUT2D eigenvalue weighted by molar-refractivity contribution is 7.98. The summed E-state index contributed by atoms with van der Waals surface area (Å²) in [5.74, 6) is 0.282. The minimum Gasteiger partial charge on any atom is -0.491 e. The highest BCUT2D eigenvalue weighted by Gasteiger charge is 2.28. The molecular weight excluding hydrogens is 455 g/mol. The normalized spacial score (nSPS) is 15.2. The molecule has 2 aromatic rings. The first-order chi connectivity index (χ1) is 15.3. The number of carbonyl (C=O) groups excluding carboxylic acids is 2. The molecule has 0 bridgehead atoms. The van der Waals surface area contributed by atoms with Gasteiger partial charge in [0, 0.05) is 29.6 Å². The van der Waals surface area contributed by atoms with Crippen molar-refractivity contribution in [2.45, 2.75) is 32.0 Å². The van der Waals surface area contributed by atoms with Crippen LogP contribution in [0.2, 0.25) is 5.02 Å². The second kappa shape index (κ2) is 11.0. The molecule has 2 atom stereocenters. The van der Waals surface area contributed by atoms with Gasteiger partial charge in [0.25, 0.3) is 0 Å². The third-order valence-corrected chi connectivity index (χ3v) is 6.22. The Morgan fingerprint density at radius 2 is 2.12 bits per heavy atom. The van der Waals surface area contributed by atoms with E-state index in [0.717, 1.165) is 5.75 Å². The molecule has 0 spiro atoms. The topological polar surface area (TPSA) is 78.9 Å². The van der Waals surface area contributed by atoms with E-state index in [1.807, 2.05) is 6.26 Å². The van der Waals surface area contributed by atoms with E-state index in [9.17, 15) is 19.1 Å². The Labute approximate surface area is 196 Å². The minimum absolute atomic E-state index is 0.000577. The predicted octanol–water partition coefficient (Wildman–Crippen LogP) is 3.54. The number of benzene rings is 2. The molecular formula is C23H26ClFN2O4S. The summed E-state index contributed by atoms with van der Waals surface area (Å²) >= 11 is 7.72. The summed E-state index contributed by atoms with van der Waals surface area (Å²) in [5, 5.41) is 13.7. The number of nitrogens with zero attached hydrogens (tertiary/aromatic N) is 1. The lowest BCUT2D eigenvalue weighted by Crippen LogP contribution is -2.48. The molecule has 172 valence electrons. The molecule has 3 rings (SSSR count). The molecule has 0 saturated carbocycles. The van der Waals surface area contributed by atoms with Crippen molar-refractivity contribution in [3.05, 3.63) is 63.9 Å². The third-order valence-electron chi connectivity index (χ3n) is 5.25. The number of ether oxygens (including phenoxy) is 1. The van der Waals surface area contributed by atoms with Crippen LogP contribution in [0.3, 0.4) is 0 Å². The number of hydrogen-bond donors (Lipinski definition) is 2. The molecule has 0 unspecified atom stereocenters. The molecule has 6 nitrogen and oxygen atoms in total. The minimum atomic E-state index is -1.27. The van der Waals surface area contributed by atoms with Crippen molar-refractivity contribution in [1.82, 2.24) is 10.2 Å². The van der Waals surface area contributed by atoms with Crippen molar-refractivity contribution in [2.24, 2.45) is 0 Å². The number of amides is 2. The van der Waals surface area contributed by atoms with Gasteiger partial charge in [0.2, 0.25) is 11.8 Å². The number of rotatable bonds is 7. The largest absolute Gasteiger partial charge is 0.491 e. The van der Waals surface area contributed by atoms with Crippen LogP contribution in [0, 0.1) is 5.82 Å². The van der Waals surface area contributed by atoms with E-state index < -0.39 is 18.0 Å². The van der Waals surface area contributed by atoms with E-state index in [1.54, 1.807) is 34.9 Å². The fourth-order valence-electron chi connectivity index (χ4n) is 3.67. The van der Waals surface area contributed by atoms with Crippen LogP contribution < -0.4 is 10.1 Å². The van der Waals surface area contributed by atoms with E-state index in [-0.39, 0.29) is 28.9 Å². The molecule has 0 aliphatic carbocycles. The number of aliphatic hydroxyl groups excluding tert-OH is 1. The fraction of sp³-hybridized carbons (Fsp3) is 0.391. The highest BCUT2D eigenvalue weighted by atomic mass is 35.5. The van der Waals surface area contributed by atoms with Crippen molar-refractivity contribution in [1.29, 1.82) is 0 Å². The average molecular weight is 481 g/mol. The summed E-state index contributed by atoms with van der Waals surface area (Å²) < 4.78 is 20.1. The maximum absolute atomic E-state index is 14.3. The SMILES string of the molecule is CSCC[C@H](NC(C)=O)C(=O)N1CCOc2ccc([C@H](O)c3c(F)cccc3Cl)cc2C1. The van der Waals surface area contributed by atoms with Crippen molar-refractivity contribution in [3.63, 3.8) is 0 Å². The van der Waals surface area contributed by atoms with Crippen LogP contribution in [0.1, 0.15) is 36.1 Å². The van der Waals surface area contributed by atoms with Gasteiger partial charge in [-0.3, -0.25) is 9.59 Å². The van der Waals surface area contributed by atoms with E-state index >= 15 is 0 Å². The van der Waals surface area contributed by atoms with Crippen molar-refractivity contribution < 1.29 is 23.8 Å². The second-order valence-corrected chi connectivity index (χ2v) is 8.94. The Morgan fingerprint density at radius 1 is 1.34 bits per heavy atom. The number of fused-ring (bicyclic) bond motifs is 1. The van der Waals surface area contributed by atoms with Gasteiger partial charge in [-0.25, -0.2) is 4.39 Å². The van der Waals surface area contributed by atoms with Crippen molar-refractivity contribution in [2.75, 3.05) is 25.2 Å². The van der Waals surface area contributed by atoms with Crippen LogP contribution >= 0.6 is 23.4 Å². The molecule has 1 heterocycles. The van der Waals surface area contributed by atoms with Crippen LogP contribution in [0.4, 0.5) is 4.39 Å². The van der Waals surface area contributed by atoms with Crippen LogP contribution in [0.25, 0.3) is 0 Å². The molecule has 0 saturated heterocycles. The van der Waals surface area contributed by atoms with Crippen molar-refractivity contribution >= 4 is 35.2 Å². The number of hydrogen-bond acceptors (Lipinski definition) is 5. The van der Waals surface area contributed by atoms with Gasteiger partial charge >= 0.3 is 0 Å². The van der Waals surface area contributed by atoms with Crippen LogP contribution in [-0.2, 0) is 16.1 Å². The Hall–Kier alpha value is -2.29. The molecule has 9 heteroatoms. The third kappa shape index (κ3) is 5.74. The summed E-state index contributed by atoms with van der Waals surface area (Å²) in [6.45, 7) is 2.30. The number of halogens is 2. The van der Waals surface area contributed by atoms with Crippen LogP contribution in [0.5, 0.6) is 5.75 Å². The predicted molar refractivity (Wildman–Crippen MR) is 123 cm³/mol. The summed E-state index contributed by atoms with van der Waals surface area (Å²) in [7, 11) is 0. The first-order valence-electron chi connectivity index (χ1n) is 10.2. The zero-order valence-corrected chi connectivity index (χ0v) is 19.5. The van der Waals surface area contributed by atoms with E-state index in [2.05, 4.69) is 5.32 Å². The Balaban J connectivity index is 1.86. The van der Waals surface area contributed by atoms with Gasteiger partial charge in [0.1, 0.15) is 30.3 Å². The smallest absolute Gasteiger partial charge is 0.245 e. The Bertz CT molecular complexity index is 970. The lowest BCUT2D eigenvalue weighted by atomic mass is 9.98. The quantitative estimate of drug-likeness (QED) is 0.633. The maximum Gasteiger partial charge on any atom is 0.245 e. The molecule has 0 fully saturated rings. The standard InChI is InChI=1S/C23H26ClFN2O4S/c1-14(28)26-19(8-11-32-2)23(30)27-9-10-31-20-7-6-15(12-16(20)13-27)22(29)21-17(24)4-3-5-18(21)25/h3-7,12,19,22,29H,8-11,13H2,1-2H3,(H,26,28)/t19-,22-/m0/s1. The summed E-state index contributed by atoms with van der Waals surface area (Å²) in [6.07, 6.45) is 1.20. The number of nitrogens with one attached hydrogen (secondary N) is 1. The van der Waals surface area contributed by atoms with Gasteiger partial charge in [-0.15, -0.1) is 0 Å². The first kappa shape index (κ1) is 24.4. The van der Waals surface area contributed by atoms with Gasteiger partial charge in [-0.1, -0.05) is 23.7 Å². The molecule has 1 aliphatic heterocycles. The molecule has 32 heavy (non-hydrogen) atoms. The monoisotopic (exact) mass is 480 g/mol. The second-order valence-electron chi connectivity index (χ2n) is 7.55. The number of aliphatic hydroxyl groups is 1. The zero-order valence-electron chi connectivity index (χ0n) is 17.9. The zero-order chi connectivity index (χ0) is 23.3. The van der Waals surface area contributed by atoms with Gasteiger partial charge in [0.15, 0.2) is 0 Å². The van der Waals surface area contributed by atoms with E-state index in [0.29, 0.717) is 36.4 Å². The number of carbonyl (C=O) groups is 2. The van der Waals surface area contributed by atoms with Crippen molar-refractivity contribution in [3.8, 4) is 5.75 Å². The number of thioether (sulfide) groups is 1. The summed E-state index contributed by atoms with van der Waals surface area (Å²) in [6, 6.07) is 8.68. The molecule has 2 N–H and O–H groups in total. The molecule has 1 aliphatic rings. The highest BCUT2D eigenvalue weighted by Crippen LogP contribution is 2.33. The van der Waals surface area contributed by atoms with Gasteiger partial charge in [-0.2, -0.15) is 11.8 Å². The summed E-state index contributed by atoms with van der Waals surface area (Å²) in [4.78, 5) is 26.4. The molecule has 0 radical (unpaired) electrons. The first-order valence-corrected chi connectivity index (χ1v) is 12.0. The fourth-order valence-corrected chi connectivity index (χ4v) is 4.41. The average Bonchev–Trinajstić information content (AvgIpc) is 2.97. The van der Waals surface area contributed by atoms with E-state index in [1.165, 1.54) is 25.1 Å². The summed E-state index contributed by atoms with van der Waals surface area (Å²) in [5.41, 5.74) is 1.13. The molecule has 2 amide bonds.